The topological polar surface area (TPSA) is 57.6 Å². The number of amides is 1. The van der Waals surface area contributed by atoms with E-state index in [0.717, 1.165) is 12.8 Å². The maximum atomic E-state index is 14.3. The molecule has 0 aromatic heterocycles. The Morgan fingerprint density at radius 2 is 1.91 bits per heavy atom. The van der Waals surface area contributed by atoms with Crippen LogP contribution in [0, 0.1) is 5.82 Å². The summed E-state index contributed by atoms with van der Waals surface area (Å²) in [6.07, 6.45) is 3.53. The SMILES string of the molecule is CCCN(CC(=O)O)C(=O)C1(c2ccccc2F)CCCC1. The Bertz CT molecular complexity index is 553. The molecule has 0 atom stereocenters. The van der Waals surface area contributed by atoms with Crippen molar-refractivity contribution < 1.29 is 19.1 Å². The standard InChI is InChI=1S/C17H22FNO3/c1-2-11-19(12-15(20)21)16(22)17(9-5-6-10-17)13-7-3-4-8-14(13)18/h3-4,7-8H,2,5-6,9-12H2,1H3,(H,20,21). The lowest BCUT2D eigenvalue weighted by Gasteiger charge is -2.34. The molecule has 0 aliphatic heterocycles. The van der Waals surface area contributed by atoms with Gasteiger partial charge < -0.3 is 10.0 Å². The van der Waals surface area contributed by atoms with Crippen molar-refractivity contribution in [2.45, 2.75) is 44.4 Å². The highest BCUT2D eigenvalue weighted by Gasteiger charge is 2.46. The van der Waals surface area contributed by atoms with Gasteiger partial charge in [-0.2, -0.15) is 0 Å². The van der Waals surface area contributed by atoms with E-state index in [2.05, 4.69) is 0 Å². The number of carboxylic acid groups (broad SMARTS) is 1. The molecule has 5 heteroatoms. The molecule has 1 aliphatic rings. The lowest BCUT2D eigenvalue weighted by atomic mass is 9.77. The molecule has 22 heavy (non-hydrogen) atoms. The number of carbonyl (C=O) groups excluding carboxylic acids is 1. The van der Waals surface area contributed by atoms with Crippen LogP contribution in [-0.4, -0.2) is 35.0 Å². The van der Waals surface area contributed by atoms with Crippen molar-refractivity contribution in [1.29, 1.82) is 0 Å². The van der Waals surface area contributed by atoms with E-state index < -0.39 is 11.4 Å². The van der Waals surface area contributed by atoms with E-state index >= 15 is 0 Å². The molecule has 1 aromatic carbocycles. The van der Waals surface area contributed by atoms with Crippen molar-refractivity contribution in [3.8, 4) is 0 Å². The predicted octanol–water partition coefficient (Wildman–Crippen LogP) is 2.96. The zero-order valence-corrected chi connectivity index (χ0v) is 12.8. The molecule has 1 N–H and O–H groups in total. The highest BCUT2D eigenvalue weighted by atomic mass is 19.1. The van der Waals surface area contributed by atoms with Gasteiger partial charge in [0.2, 0.25) is 5.91 Å². The summed E-state index contributed by atoms with van der Waals surface area (Å²) in [5.74, 6) is -1.67. The number of carboxylic acids is 1. The van der Waals surface area contributed by atoms with Crippen LogP contribution in [0.4, 0.5) is 4.39 Å². The molecule has 0 spiro atoms. The fourth-order valence-corrected chi connectivity index (χ4v) is 3.41. The van der Waals surface area contributed by atoms with Crippen LogP contribution in [0.3, 0.4) is 0 Å². The van der Waals surface area contributed by atoms with Crippen LogP contribution in [0.1, 0.15) is 44.6 Å². The second-order valence-corrected chi connectivity index (χ2v) is 5.89. The molecule has 0 heterocycles. The maximum absolute atomic E-state index is 14.3. The van der Waals surface area contributed by atoms with E-state index in [9.17, 15) is 14.0 Å². The number of halogens is 1. The molecule has 1 aliphatic carbocycles. The minimum atomic E-state index is -1.04. The zero-order chi connectivity index (χ0) is 16.2. The summed E-state index contributed by atoms with van der Waals surface area (Å²) >= 11 is 0. The summed E-state index contributed by atoms with van der Waals surface area (Å²) in [5, 5.41) is 9.04. The lowest BCUT2D eigenvalue weighted by molar-refractivity contribution is -0.147. The number of aliphatic carboxylic acids is 1. The first-order valence-electron chi connectivity index (χ1n) is 7.77. The Balaban J connectivity index is 2.40. The monoisotopic (exact) mass is 307 g/mol. The van der Waals surface area contributed by atoms with Gasteiger partial charge in [0, 0.05) is 12.1 Å². The highest BCUT2D eigenvalue weighted by Crippen LogP contribution is 2.43. The predicted molar refractivity (Wildman–Crippen MR) is 81.1 cm³/mol. The number of rotatable bonds is 6. The summed E-state index contributed by atoms with van der Waals surface area (Å²) in [4.78, 5) is 25.4. The third-order valence-corrected chi connectivity index (χ3v) is 4.36. The van der Waals surface area contributed by atoms with E-state index in [1.165, 1.54) is 11.0 Å². The largest absolute Gasteiger partial charge is 0.480 e. The molecule has 120 valence electrons. The van der Waals surface area contributed by atoms with Crippen LogP contribution in [0.25, 0.3) is 0 Å². The summed E-state index contributed by atoms with van der Waals surface area (Å²) in [7, 11) is 0. The fourth-order valence-electron chi connectivity index (χ4n) is 3.41. The Morgan fingerprint density at radius 1 is 1.27 bits per heavy atom. The minimum absolute atomic E-state index is 0.251. The third kappa shape index (κ3) is 3.13. The average Bonchev–Trinajstić information content (AvgIpc) is 2.96. The number of benzene rings is 1. The van der Waals surface area contributed by atoms with Crippen LogP contribution in [-0.2, 0) is 15.0 Å². The molecule has 0 bridgehead atoms. The quantitative estimate of drug-likeness (QED) is 0.879. The molecule has 1 aromatic rings. The van der Waals surface area contributed by atoms with Crippen molar-refractivity contribution >= 4 is 11.9 Å². The second kappa shape index (κ2) is 6.90. The number of nitrogens with zero attached hydrogens (tertiary/aromatic N) is 1. The zero-order valence-electron chi connectivity index (χ0n) is 12.8. The summed E-state index contributed by atoms with van der Waals surface area (Å²) in [6, 6.07) is 6.35. The van der Waals surface area contributed by atoms with Gasteiger partial charge in [0.05, 0.1) is 5.41 Å². The molecule has 0 unspecified atom stereocenters. The Kier molecular flexibility index (Phi) is 5.16. The van der Waals surface area contributed by atoms with Crippen molar-refractivity contribution in [3.63, 3.8) is 0 Å². The summed E-state index contributed by atoms with van der Waals surface area (Å²) < 4.78 is 14.3. The van der Waals surface area contributed by atoms with Gasteiger partial charge in [0.1, 0.15) is 12.4 Å². The Labute approximate surface area is 129 Å². The molecule has 1 fully saturated rings. The summed E-state index contributed by atoms with van der Waals surface area (Å²) in [5.41, 5.74) is -0.500. The first kappa shape index (κ1) is 16.5. The number of hydrogen-bond donors (Lipinski definition) is 1. The second-order valence-electron chi connectivity index (χ2n) is 5.89. The minimum Gasteiger partial charge on any atom is -0.480 e. The molecular formula is C17H22FNO3. The fraction of sp³-hybridized carbons (Fsp3) is 0.529. The van der Waals surface area contributed by atoms with Crippen LogP contribution in [0.2, 0.25) is 0 Å². The van der Waals surface area contributed by atoms with Gasteiger partial charge in [0.15, 0.2) is 0 Å². The highest BCUT2D eigenvalue weighted by molar-refractivity contribution is 5.91. The Hall–Kier alpha value is -1.91. The van der Waals surface area contributed by atoms with Crippen molar-refractivity contribution in [3.05, 3.63) is 35.6 Å². The first-order valence-corrected chi connectivity index (χ1v) is 7.77. The van der Waals surface area contributed by atoms with Gasteiger partial charge in [0.25, 0.3) is 0 Å². The van der Waals surface area contributed by atoms with E-state index in [1.54, 1.807) is 18.2 Å². The van der Waals surface area contributed by atoms with Gasteiger partial charge in [-0.15, -0.1) is 0 Å². The van der Waals surface area contributed by atoms with Gasteiger partial charge in [-0.25, -0.2) is 4.39 Å². The van der Waals surface area contributed by atoms with Crippen molar-refractivity contribution in [1.82, 2.24) is 4.90 Å². The van der Waals surface area contributed by atoms with Crippen LogP contribution in [0.5, 0.6) is 0 Å². The van der Waals surface area contributed by atoms with E-state index in [-0.39, 0.29) is 18.3 Å². The van der Waals surface area contributed by atoms with Crippen LogP contribution >= 0.6 is 0 Å². The average molecular weight is 307 g/mol. The summed E-state index contributed by atoms with van der Waals surface area (Å²) in [6.45, 7) is 1.94. The van der Waals surface area contributed by atoms with Gasteiger partial charge in [-0.3, -0.25) is 9.59 Å². The molecule has 2 rings (SSSR count). The van der Waals surface area contributed by atoms with E-state index in [1.807, 2.05) is 6.92 Å². The maximum Gasteiger partial charge on any atom is 0.323 e. The number of carbonyl (C=O) groups is 2. The van der Waals surface area contributed by atoms with Crippen molar-refractivity contribution in [2.75, 3.05) is 13.1 Å². The molecular weight excluding hydrogens is 285 g/mol. The molecule has 0 radical (unpaired) electrons. The Morgan fingerprint density at radius 3 is 2.45 bits per heavy atom. The normalized spacial score (nSPS) is 16.5. The van der Waals surface area contributed by atoms with Gasteiger partial charge >= 0.3 is 5.97 Å². The smallest absolute Gasteiger partial charge is 0.323 e. The molecule has 1 amide bonds. The molecule has 0 saturated heterocycles. The first-order chi connectivity index (χ1) is 10.5. The third-order valence-electron chi connectivity index (χ3n) is 4.36. The molecule has 4 nitrogen and oxygen atoms in total. The van der Waals surface area contributed by atoms with E-state index in [4.69, 9.17) is 5.11 Å². The van der Waals surface area contributed by atoms with Crippen molar-refractivity contribution in [2.24, 2.45) is 0 Å². The van der Waals surface area contributed by atoms with Gasteiger partial charge in [-0.05, 0) is 25.3 Å². The van der Waals surface area contributed by atoms with E-state index in [0.29, 0.717) is 31.4 Å². The van der Waals surface area contributed by atoms with Crippen LogP contribution < -0.4 is 0 Å². The van der Waals surface area contributed by atoms with Crippen LogP contribution in [0.15, 0.2) is 24.3 Å². The van der Waals surface area contributed by atoms with Gasteiger partial charge in [-0.1, -0.05) is 38.0 Å². The lowest BCUT2D eigenvalue weighted by Crippen LogP contribution is -2.48. The number of hydrogen-bond acceptors (Lipinski definition) is 2. The molecule has 1 saturated carbocycles.